The molecule has 0 unspecified atom stereocenters. The average molecular weight is 381 g/mol. The van der Waals surface area contributed by atoms with E-state index in [0.717, 1.165) is 0 Å². The standard InChI is InChI=1S/C19H15N3O4S/c1-25-16-11-13(12-21-22-18(23)14-5-2-3-9-20-14)7-8-15(16)26-19(24)17-6-4-10-27-17/h2-12H,1H3,(H,22,23)/b21-12+. The highest BCUT2D eigenvalue weighted by atomic mass is 32.1. The lowest BCUT2D eigenvalue weighted by Crippen LogP contribution is -2.18. The Morgan fingerprint density at radius 1 is 1.15 bits per heavy atom. The second-order valence-corrected chi connectivity index (χ2v) is 6.14. The third-order valence-corrected chi connectivity index (χ3v) is 4.24. The van der Waals surface area contributed by atoms with Crippen LogP contribution in [-0.2, 0) is 0 Å². The lowest BCUT2D eigenvalue weighted by Gasteiger charge is -2.09. The van der Waals surface area contributed by atoms with Crippen molar-refractivity contribution in [3.8, 4) is 11.5 Å². The number of ether oxygens (including phenoxy) is 2. The number of nitrogens with zero attached hydrogens (tertiary/aromatic N) is 2. The van der Waals surface area contributed by atoms with E-state index in [1.165, 1.54) is 30.9 Å². The molecule has 136 valence electrons. The van der Waals surface area contributed by atoms with Crippen molar-refractivity contribution >= 4 is 29.4 Å². The maximum atomic E-state index is 12.1. The highest BCUT2D eigenvalue weighted by Crippen LogP contribution is 2.28. The number of carbonyl (C=O) groups is 2. The summed E-state index contributed by atoms with van der Waals surface area (Å²) in [4.78, 5) is 28.4. The number of amides is 1. The van der Waals surface area contributed by atoms with E-state index in [9.17, 15) is 9.59 Å². The summed E-state index contributed by atoms with van der Waals surface area (Å²) in [6.07, 6.45) is 2.98. The van der Waals surface area contributed by atoms with Crippen LogP contribution in [0.15, 0.2) is 65.2 Å². The van der Waals surface area contributed by atoms with Gasteiger partial charge < -0.3 is 9.47 Å². The summed E-state index contributed by atoms with van der Waals surface area (Å²) in [7, 11) is 1.47. The van der Waals surface area contributed by atoms with Crippen LogP contribution in [0.2, 0.25) is 0 Å². The molecule has 0 aliphatic heterocycles. The molecule has 7 nitrogen and oxygen atoms in total. The van der Waals surface area contributed by atoms with Crippen molar-refractivity contribution in [2.75, 3.05) is 7.11 Å². The average Bonchev–Trinajstić information content (AvgIpc) is 3.24. The fraction of sp³-hybridized carbons (Fsp3) is 0.0526. The van der Waals surface area contributed by atoms with E-state index < -0.39 is 11.9 Å². The largest absolute Gasteiger partial charge is 0.493 e. The van der Waals surface area contributed by atoms with Crippen LogP contribution < -0.4 is 14.9 Å². The van der Waals surface area contributed by atoms with E-state index in [1.807, 2.05) is 0 Å². The molecule has 0 bridgehead atoms. The van der Waals surface area contributed by atoms with Gasteiger partial charge in [0, 0.05) is 6.20 Å². The summed E-state index contributed by atoms with van der Waals surface area (Å²) in [5.41, 5.74) is 3.32. The van der Waals surface area contributed by atoms with Gasteiger partial charge in [-0.05, 0) is 47.3 Å². The van der Waals surface area contributed by atoms with Crippen molar-refractivity contribution in [2.45, 2.75) is 0 Å². The van der Waals surface area contributed by atoms with E-state index in [4.69, 9.17) is 9.47 Å². The molecule has 8 heteroatoms. The number of benzene rings is 1. The number of methoxy groups -OCH3 is 1. The summed E-state index contributed by atoms with van der Waals surface area (Å²) >= 11 is 1.30. The second kappa shape index (κ2) is 8.72. The van der Waals surface area contributed by atoms with Crippen molar-refractivity contribution < 1.29 is 19.1 Å². The molecule has 0 aliphatic rings. The van der Waals surface area contributed by atoms with Gasteiger partial charge in [-0.25, -0.2) is 10.2 Å². The van der Waals surface area contributed by atoms with Crippen LogP contribution in [0.1, 0.15) is 25.7 Å². The van der Waals surface area contributed by atoms with Gasteiger partial charge in [-0.3, -0.25) is 9.78 Å². The second-order valence-electron chi connectivity index (χ2n) is 5.19. The fourth-order valence-electron chi connectivity index (χ4n) is 2.11. The first-order chi connectivity index (χ1) is 13.2. The summed E-state index contributed by atoms with van der Waals surface area (Å²) in [6.45, 7) is 0. The van der Waals surface area contributed by atoms with Crippen molar-refractivity contribution in [3.63, 3.8) is 0 Å². The molecule has 0 aliphatic carbocycles. The minimum atomic E-state index is -0.452. The zero-order chi connectivity index (χ0) is 19.1. The van der Waals surface area contributed by atoms with Gasteiger partial charge in [0.25, 0.3) is 5.91 Å². The van der Waals surface area contributed by atoms with Gasteiger partial charge in [-0.1, -0.05) is 12.1 Å². The van der Waals surface area contributed by atoms with Gasteiger partial charge in [0.1, 0.15) is 10.6 Å². The molecule has 0 spiro atoms. The van der Waals surface area contributed by atoms with Crippen molar-refractivity contribution in [3.05, 3.63) is 76.2 Å². The number of thiophene rings is 1. The molecule has 0 saturated heterocycles. The Kier molecular flexibility index (Phi) is 5.91. The highest BCUT2D eigenvalue weighted by Gasteiger charge is 2.13. The summed E-state index contributed by atoms with van der Waals surface area (Å²) in [5, 5.41) is 5.70. The van der Waals surface area contributed by atoms with Gasteiger partial charge in [0.05, 0.1) is 13.3 Å². The van der Waals surface area contributed by atoms with Gasteiger partial charge in [-0.15, -0.1) is 11.3 Å². The fourth-order valence-corrected chi connectivity index (χ4v) is 2.71. The number of carbonyl (C=O) groups excluding carboxylic acids is 2. The molecule has 3 rings (SSSR count). The highest BCUT2D eigenvalue weighted by molar-refractivity contribution is 7.12. The van der Waals surface area contributed by atoms with Crippen molar-refractivity contribution in [1.29, 1.82) is 0 Å². The van der Waals surface area contributed by atoms with Crippen LogP contribution in [0.4, 0.5) is 0 Å². The molecule has 1 N–H and O–H groups in total. The molecule has 2 aromatic heterocycles. The minimum Gasteiger partial charge on any atom is -0.493 e. The topological polar surface area (TPSA) is 89.9 Å². The molecular weight excluding hydrogens is 366 g/mol. The molecule has 1 amide bonds. The maximum Gasteiger partial charge on any atom is 0.353 e. The zero-order valence-electron chi connectivity index (χ0n) is 14.3. The van der Waals surface area contributed by atoms with Crippen LogP contribution >= 0.6 is 11.3 Å². The van der Waals surface area contributed by atoms with E-state index in [-0.39, 0.29) is 5.69 Å². The zero-order valence-corrected chi connectivity index (χ0v) is 15.1. The number of hydrogen-bond donors (Lipinski definition) is 1. The third kappa shape index (κ3) is 4.77. The Morgan fingerprint density at radius 2 is 2.04 bits per heavy atom. The predicted octanol–water partition coefficient (Wildman–Crippen LogP) is 3.13. The Balaban J connectivity index is 1.66. The summed E-state index contributed by atoms with van der Waals surface area (Å²) < 4.78 is 10.6. The number of esters is 1. The SMILES string of the molecule is COc1cc(/C=N/NC(=O)c2ccccn2)ccc1OC(=O)c1cccs1. The molecule has 0 radical (unpaired) electrons. The molecule has 27 heavy (non-hydrogen) atoms. The van der Waals surface area contributed by atoms with Gasteiger partial charge in [0.15, 0.2) is 11.5 Å². The van der Waals surface area contributed by atoms with E-state index >= 15 is 0 Å². The first kappa shape index (κ1) is 18.3. The monoisotopic (exact) mass is 381 g/mol. The Morgan fingerprint density at radius 3 is 2.74 bits per heavy atom. The molecular formula is C19H15N3O4S. The van der Waals surface area contributed by atoms with Crippen LogP contribution in [0.25, 0.3) is 0 Å². The normalized spacial score (nSPS) is 10.6. The first-order valence-electron chi connectivity index (χ1n) is 7.85. The Labute approximate surface area is 159 Å². The maximum absolute atomic E-state index is 12.1. The number of hydrazone groups is 1. The molecule has 0 atom stereocenters. The van der Waals surface area contributed by atoms with Crippen LogP contribution in [0.3, 0.4) is 0 Å². The molecule has 2 heterocycles. The van der Waals surface area contributed by atoms with Gasteiger partial charge >= 0.3 is 5.97 Å². The molecule has 0 saturated carbocycles. The molecule has 1 aromatic carbocycles. The number of aromatic nitrogens is 1. The van der Waals surface area contributed by atoms with Crippen LogP contribution in [-0.4, -0.2) is 30.2 Å². The number of rotatable bonds is 6. The summed E-state index contributed by atoms with van der Waals surface area (Å²) in [6, 6.07) is 13.4. The number of hydrogen-bond acceptors (Lipinski definition) is 7. The quantitative estimate of drug-likeness (QED) is 0.307. The predicted molar refractivity (Wildman–Crippen MR) is 102 cm³/mol. The Hall–Kier alpha value is -3.52. The third-order valence-electron chi connectivity index (χ3n) is 3.39. The smallest absolute Gasteiger partial charge is 0.353 e. The number of nitrogens with one attached hydrogen (secondary N) is 1. The lowest BCUT2D eigenvalue weighted by atomic mass is 10.2. The van der Waals surface area contributed by atoms with Crippen molar-refractivity contribution in [2.24, 2.45) is 5.10 Å². The minimum absolute atomic E-state index is 0.267. The van der Waals surface area contributed by atoms with Crippen molar-refractivity contribution in [1.82, 2.24) is 10.4 Å². The van der Waals surface area contributed by atoms with Crippen LogP contribution in [0, 0.1) is 0 Å². The van der Waals surface area contributed by atoms with E-state index in [1.54, 1.807) is 53.9 Å². The number of pyridine rings is 1. The lowest BCUT2D eigenvalue weighted by molar-refractivity contribution is 0.0734. The first-order valence-corrected chi connectivity index (χ1v) is 8.73. The van der Waals surface area contributed by atoms with Gasteiger partial charge in [-0.2, -0.15) is 5.10 Å². The Bertz CT molecular complexity index is 956. The molecule has 3 aromatic rings. The molecule has 0 fully saturated rings. The van der Waals surface area contributed by atoms with E-state index in [0.29, 0.717) is 21.9 Å². The van der Waals surface area contributed by atoms with E-state index in [2.05, 4.69) is 15.5 Å². The summed E-state index contributed by atoms with van der Waals surface area (Å²) in [5.74, 6) is -0.196. The van der Waals surface area contributed by atoms with Crippen LogP contribution in [0.5, 0.6) is 11.5 Å². The van der Waals surface area contributed by atoms with Gasteiger partial charge in [0.2, 0.25) is 0 Å².